The van der Waals surface area contributed by atoms with Crippen LogP contribution >= 0.6 is 11.6 Å². The number of ether oxygens (including phenoxy) is 1. The van der Waals surface area contributed by atoms with Crippen LogP contribution in [-0.2, 0) is 6.42 Å². The average Bonchev–Trinajstić information content (AvgIpc) is 2.82. The first kappa shape index (κ1) is 27.9. The summed E-state index contributed by atoms with van der Waals surface area (Å²) in [7, 11) is 0. The lowest BCUT2D eigenvalue weighted by molar-refractivity contribution is 0.0729. The van der Waals surface area contributed by atoms with Crippen molar-refractivity contribution in [1.82, 2.24) is 0 Å². The number of esters is 1. The number of carbonyl (C=O) groups is 1. The maximum absolute atomic E-state index is 14.9. The molecule has 0 heterocycles. The van der Waals surface area contributed by atoms with E-state index >= 15 is 0 Å². The number of hydrogen-bond donors (Lipinski definition) is 0. The maximum Gasteiger partial charge on any atom is 0.348 e. The summed E-state index contributed by atoms with van der Waals surface area (Å²) in [6, 6.07) is 14.4. The lowest BCUT2D eigenvalue weighted by Crippen LogP contribution is -2.12. The van der Waals surface area contributed by atoms with E-state index in [1.807, 2.05) is 24.3 Å². The van der Waals surface area contributed by atoms with Gasteiger partial charge in [0.25, 0.3) is 0 Å². The Bertz CT molecular complexity index is 1410. The number of hydrogen-bond acceptors (Lipinski definition) is 2. The molecule has 0 aromatic heterocycles. The second-order valence-corrected chi connectivity index (χ2v) is 8.45. The van der Waals surface area contributed by atoms with Gasteiger partial charge < -0.3 is 4.74 Å². The Morgan fingerprint density at radius 2 is 1.38 bits per heavy atom. The third kappa shape index (κ3) is 6.00. The highest BCUT2D eigenvalue weighted by Crippen LogP contribution is 2.32. The fourth-order valence-corrected chi connectivity index (χ4v) is 4.03. The molecule has 0 bridgehead atoms. The van der Waals surface area contributed by atoms with Crippen molar-refractivity contribution in [2.45, 2.75) is 27.2 Å². The van der Waals surface area contributed by atoms with Crippen LogP contribution in [-0.4, -0.2) is 5.97 Å². The molecule has 0 spiro atoms. The van der Waals surface area contributed by atoms with Gasteiger partial charge in [-0.1, -0.05) is 56.6 Å². The van der Waals surface area contributed by atoms with Gasteiger partial charge in [0.2, 0.25) is 0 Å². The molecule has 0 amide bonds. The van der Waals surface area contributed by atoms with Crippen LogP contribution in [0.25, 0.3) is 22.3 Å². The van der Waals surface area contributed by atoms with Crippen molar-refractivity contribution in [3.8, 4) is 28.0 Å². The van der Waals surface area contributed by atoms with E-state index in [9.17, 15) is 26.7 Å². The van der Waals surface area contributed by atoms with E-state index in [0.29, 0.717) is 23.3 Å². The third-order valence-electron chi connectivity index (χ3n) is 5.52. The highest BCUT2D eigenvalue weighted by atomic mass is 35.5. The average molecular weight is 533 g/mol. The number of aryl methyl sites for hydroxylation is 1. The van der Waals surface area contributed by atoms with E-state index in [0.717, 1.165) is 42.7 Å². The normalized spacial score (nSPS) is 10.7. The first-order valence-electron chi connectivity index (χ1n) is 10.9. The molecule has 0 atom stereocenters. The van der Waals surface area contributed by atoms with Crippen LogP contribution in [0.5, 0.6) is 5.75 Å². The monoisotopic (exact) mass is 532 g/mol. The molecule has 4 aromatic rings. The molecule has 4 rings (SSSR count). The summed E-state index contributed by atoms with van der Waals surface area (Å²) < 4.78 is 74.7. The molecule has 8 heteroatoms. The SMILES string of the molecule is C.CCCc1ccc(-c2cc(F)c(C(=O)Oc3ccc(-c4cc(F)c(F)c(F)c4)c(F)c3)c(Cl)c2)cc1. The molecule has 0 unspecified atom stereocenters. The van der Waals surface area contributed by atoms with E-state index in [2.05, 4.69) is 6.92 Å². The molecular weight excluding hydrogens is 511 g/mol. The van der Waals surface area contributed by atoms with Gasteiger partial charge in [-0.05, 0) is 65.1 Å². The van der Waals surface area contributed by atoms with Crippen LogP contribution in [0.2, 0.25) is 5.02 Å². The topological polar surface area (TPSA) is 26.3 Å². The van der Waals surface area contributed by atoms with Crippen molar-refractivity contribution >= 4 is 17.6 Å². The van der Waals surface area contributed by atoms with E-state index in [1.54, 1.807) is 0 Å². The zero-order valence-corrected chi connectivity index (χ0v) is 19.6. The molecule has 4 aromatic carbocycles. The van der Waals surface area contributed by atoms with Gasteiger partial charge in [-0.15, -0.1) is 0 Å². The van der Waals surface area contributed by atoms with Crippen molar-refractivity contribution in [3.05, 3.63) is 112 Å². The zero-order valence-electron chi connectivity index (χ0n) is 18.8. The van der Waals surface area contributed by atoms with Crippen LogP contribution < -0.4 is 4.74 Å². The summed E-state index contributed by atoms with van der Waals surface area (Å²) in [6.07, 6.45) is 1.91. The largest absolute Gasteiger partial charge is 0.423 e. The molecular formula is C29H22ClF5O2. The standard InChI is InChI=1S/C28H18ClF5O2.CH4/c1-2-3-15-4-6-16(7-5-15)17-10-21(29)26(23(31)11-17)28(35)36-19-8-9-20(22(30)14-19)18-12-24(32)27(34)25(33)13-18;/h4-14H,2-3H2,1H3;1H4. The minimum atomic E-state index is -1.68. The summed E-state index contributed by atoms with van der Waals surface area (Å²) in [4.78, 5) is 12.6. The first-order chi connectivity index (χ1) is 17.2. The van der Waals surface area contributed by atoms with E-state index in [-0.39, 0.29) is 29.3 Å². The predicted octanol–water partition coefficient (Wildman–Crippen LogP) is 9.18. The Morgan fingerprint density at radius 1 is 0.757 bits per heavy atom. The van der Waals surface area contributed by atoms with Crippen molar-refractivity contribution in [2.24, 2.45) is 0 Å². The van der Waals surface area contributed by atoms with Crippen molar-refractivity contribution in [3.63, 3.8) is 0 Å². The van der Waals surface area contributed by atoms with Crippen LogP contribution in [0, 0.1) is 29.1 Å². The quantitative estimate of drug-likeness (QED) is 0.107. The number of benzene rings is 4. The van der Waals surface area contributed by atoms with Crippen LogP contribution in [0.3, 0.4) is 0 Å². The van der Waals surface area contributed by atoms with Crippen LogP contribution in [0.15, 0.2) is 66.7 Å². The van der Waals surface area contributed by atoms with Crippen molar-refractivity contribution in [2.75, 3.05) is 0 Å². The molecule has 0 fully saturated rings. The summed E-state index contributed by atoms with van der Waals surface area (Å²) in [5.74, 6) is -8.02. The molecule has 0 radical (unpaired) electrons. The molecule has 37 heavy (non-hydrogen) atoms. The molecule has 0 aliphatic heterocycles. The fourth-order valence-electron chi connectivity index (χ4n) is 3.75. The molecule has 0 saturated heterocycles. The molecule has 0 N–H and O–H groups in total. The molecule has 0 saturated carbocycles. The van der Waals surface area contributed by atoms with E-state index < -0.39 is 40.6 Å². The van der Waals surface area contributed by atoms with Crippen LogP contribution in [0.4, 0.5) is 22.0 Å². The van der Waals surface area contributed by atoms with Gasteiger partial charge in [-0.25, -0.2) is 26.7 Å². The zero-order chi connectivity index (χ0) is 26.0. The summed E-state index contributed by atoms with van der Waals surface area (Å²) >= 11 is 6.19. The van der Waals surface area contributed by atoms with Gasteiger partial charge in [-0.2, -0.15) is 0 Å². The van der Waals surface area contributed by atoms with Gasteiger partial charge in [0.1, 0.15) is 22.9 Å². The molecule has 0 aliphatic carbocycles. The van der Waals surface area contributed by atoms with Gasteiger partial charge in [0, 0.05) is 11.6 Å². The smallest absolute Gasteiger partial charge is 0.348 e. The van der Waals surface area contributed by atoms with Crippen molar-refractivity contribution < 1.29 is 31.5 Å². The Labute approximate surface area is 216 Å². The van der Waals surface area contributed by atoms with Gasteiger partial charge in [0.05, 0.1) is 5.02 Å². The lowest BCUT2D eigenvalue weighted by Gasteiger charge is -2.11. The Kier molecular flexibility index (Phi) is 8.71. The maximum atomic E-state index is 14.9. The summed E-state index contributed by atoms with van der Waals surface area (Å²) in [5, 5.41) is -0.193. The Hall–Kier alpha value is -3.71. The summed E-state index contributed by atoms with van der Waals surface area (Å²) in [6.45, 7) is 2.07. The van der Waals surface area contributed by atoms with E-state index in [4.69, 9.17) is 16.3 Å². The first-order valence-corrected chi connectivity index (χ1v) is 11.3. The lowest BCUT2D eigenvalue weighted by atomic mass is 10.0. The van der Waals surface area contributed by atoms with Gasteiger partial charge in [-0.3, -0.25) is 0 Å². The fraction of sp³-hybridized carbons (Fsp3) is 0.138. The highest BCUT2D eigenvalue weighted by molar-refractivity contribution is 6.34. The Morgan fingerprint density at radius 3 is 1.95 bits per heavy atom. The second-order valence-electron chi connectivity index (χ2n) is 8.05. The minimum absolute atomic E-state index is 0. The predicted molar refractivity (Wildman–Crippen MR) is 134 cm³/mol. The molecule has 0 aliphatic rings. The molecule has 2 nitrogen and oxygen atoms in total. The van der Waals surface area contributed by atoms with Gasteiger partial charge in [0.15, 0.2) is 17.5 Å². The number of rotatable bonds is 6. The van der Waals surface area contributed by atoms with E-state index in [1.165, 1.54) is 6.07 Å². The molecule has 192 valence electrons. The van der Waals surface area contributed by atoms with Crippen molar-refractivity contribution in [1.29, 1.82) is 0 Å². The number of halogens is 6. The van der Waals surface area contributed by atoms with Crippen LogP contribution in [0.1, 0.15) is 36.7 Å². The van der Waals surface area contributed by atoms with Gasteiger partial charge >= 0.3 is 5.97 Å². The highest BCUT2D eigenvalue weighted by Gasteiger charge is 2.21. The summed E-state index contributed by atoms with van der Waals surface area (Å²) in [5.41, 5.74) is 1.27. The third-order valence-corrected chi connectivity index (χ3v) is 5.82. The second kappa shape index (κ2) is 11.6. The number of carbonyl (C=O) groups excluding carboxylic acids is 1. The minimum Gasteiger partial charge on any atom is -0.423 e. The Balaban J connectivity index is 0.00000380.